The summed E-state index contributed by atoms with van der Waals surface area (Å²) in [6.45, 7) is 10.8. The van der Waals surface area contributed by atoms with Crippen molar-refractivity contribution in [3.63, 3.8) is 0 Å². The maximum Gasteiger partial charge on any atom is 0.187 e. The molecule has 2 saturated heterocycles. The van der Waals surface area contributed by atoms with Crippen molar-refractivity contribution in [2.75, 3.05) is 19.8 Å². The summed E-state index contributed by atoms with van der Waals surface area (Å²) in [5.74, 6) is 0. The molecular formula is C32H54O12. The molecule has 12 nitrogen and oxygen atoms in total. The van der Waals surface area contributed by atoms with E-state index in [0.717, 1.165) is 31.3 Å². The number of allylic oxidation sites excluding steroid dienone is 5. The van der Waals surface area contributed by atoms with Crippen molar-refractivity contribution in [2.45, 2.75) is 133 Å². The Balaban J connectivity index is 1.73. The molecule has 0 aromatic heterocycles. The Morgan fingerprint density at radius 1 is 0.682 bits per heavy atom. The molecule has 0 aliphatic carbocycles. The van der Waals surface area contributed by atoms with Crippen LogP contribution < -0.4 is 0 Å². The zero-order valence-electron chi connectivity index (χ0n) is 26.4. The van der Waals surface area contributed by atoms with Crippen molar-refractivity contribution < 1.29 is 59.8 Å². The van der Waals surface area contributed by atoms with Crippen molar-refractivity contribution in [1.29, 1.82) is 0 Å². The quantitative estimate of drug-likeness (QED) is 0.105. The molecule has 0 radical (unpaired) electrons. The minimum absolute atomic E-state index is 0.175. The zero-order chi connectivity index (χ0) is 33.0. The van der Waals surface area contributed by atoms with Crippen molar-refractivity contribution in [1.82, 2.24) is 0 Å². The predicted octanol–water partition coefficient (Wildman–Crippen LogP) is 0.744. The lowest BCUT2D eigenvalue weighted by Gasteiger charge is -2.42. The molecule has 2 aliphatic rings. The van der Waals surface area contributed by atoms with Crippen molar-refractivity contribution in [3.8, 4) is 0 Å². The van der Waals surface area contributed by atoms with E-state index in [1.165, 1.54) is 11.1 Å². The van der Waals surface area contributed by atoms with E-state index in [9.17, 15) is 40.9 Å². The zero-order valence-corrected chi connectivity index (χ0v) is 26.4. The number of ether oxygens (including phenoxy) is 4. The first kappa shape index (κ1) is 38.7. The average molecular weight is 631 g/mol. The second kappa shape index (κ2) is 18.6. The number of rotatable bonds is 17. The summed E-state index contributed by atoms with van der Waals surface area (Å²) in [6.07, 6.45) is -0.458. The molecule has 1 unspecified atom stereocenters. The van der Waals surface area contributed by atoms with E-state index in [1.54, 1.807) is 13.0 Å². The predicted molar refractivity (Wildman–Crippen MR) is 162 cm³/mol. The smallest absolute Gasteiger partial charge is 0.187 e. The molecule has 11 atom stereocenters. The van der Waals surface area contributed by atoms with Gasteiger partial charge in [-0.15, -0.1) is 6.58 Å². The Labute approximate surface area is 260 Å². The van der Waals surface area contributed by atoms with Gasteiger partial charge in [0.15, 0.2) is 12.6 Å². The lowest BCUT2D eigenvalue weighted by atomic mass is 9.96. The average Bonchev–Trinajstić information content (AvgIpc) is 2.99. The molecule has 0 bridgehead atoms. The van der Waals surface area contributed by atoms with Crippen LogP contribution in [0.4, 0.5) is 0 Å². The van der Waals surface area contributed by atoms with Crippen LogP contribution in [0.3, 0.4) is 0 Å². The minimum atomic E-state index is -1.50. The van der Waals surface area contributed by atoms with Crippen LogP contribution in [-0.2, 0) is 18.9 Å². The molecule has 44 heavy (non-hydrogen) atoms. The van der Waals surface area contributed by atoms with Gasteiger partial charge in [-0.2, -0.15) is 0 Å². The van der Waals surface area contributed by atoms with E-state index in [0.29, 0.717) is 12.8 Å². The van der Waals surface area contributed by atoms with Crippen molar-refractivity contribution in [3.05, 3.63) is 47.6 Å². The molecule has 12 heteroatoms. The molecular weight excluding hydrogens is 576 g/mol. The number of hydrogen-bond acceptors (Lipinski definition) is 12. The molecule has 2 aliphatic heterocycles. The van der Waals surface area contributed by atoms with Crippen LogP contribution >= 0.6 is 0 Å². The first-order valence-corrected chi connectivity index (χ1v) is 15.3. The third-order valence-electron chi connectivity index (χ3n) is 8.19. The summed E-state index contributed by atoms with van der Waals surface area (Å²) in [4.78, 5) is 0. The lowest BCUT2D eigenvalue weighted by molar-refractivity contribution is -0.319. The van der Waals surface area contributed by atoms with Gasteiger partial charge in [-0.3, -0.25) is 0 Å². The molecule has 0 amide bonds. The maximum atomic E-state index is 10.3. The van der Waals surface area contributed by atoms with Gasteiger partial charge in [0.05, 0.1) is 25.4 Å². The standard InChI is InChI=1S/C32H54O12/c1-6-32(5,44-31-29(40)27(38)25(36)23(17-34)43-31)15-9-14-20(3)11-7-10-19(2)12-8-13-21(4)18-41-30-28(39)26(37)24(35)22(16-33)42-30/h6,10,13-14,22-31,33-40H,1,7-9,11-12,15-18H2,2-5H3/b19-10+,20-14+,21-13-/t22-,23-,24-,25-,26+,27+,28-,29-,30-,31+,32?/m1/s1. The van der Waals surface area contributed by atoms with Crippen LogP contribution in [0.15, 0.2) is 47.6 Å². The van der Waals surface area contributed by atoms with Crippen molar-refractivity contribution in [2.24, 2.45) is 0 Å². The number of aliphatic hydroxyl groups excluding tert-OH is 8. The van der Waals surface area contributed by atoms with Gasteiger partial charge in [-0.05, 0) is 66.2 Å². The first-order valence-electron chi connectivity index (χ1n) is 15.3. The summed E-state index contributed by atoms with van der Waals surface area (Å²) >= 11 is 0. The van der Waals surface area contributed by atoms with Gasteiger partial charge in [-0.1, -0.05) is 41.0 Å². The Hall–Kier alpha value is -1.52. The Bertz CT molecular complexity index is 963. The molecule has 2 rings (SSSR count). The van der Waals surface area contributed by atoms with Crippen LogP contribution in [0.5, 0.6) is 0 Å². The van der Waals surface area contributed by atoms with Gasteiger partial charge in [-0.25, -0.2) is 0 Å². The molecule has 0 spiro atoms. The number of hydrogen-bond donors (Lipinski definition) is 8. The summed E-state index contributed by atoms with van der Waals surface area (Å²) in [7, 11) is 0. The Morgan fingerprint density at radius 3 is 1.64 bits per heavy atom. The molecule has 0 aromatic rings. The largest absolute Gasteiger partial charge is 0.394 e. The second-order valence-corrected chi connectivity index (χ2v) is 12.1. The SMILES string of the molecule is C=CC(C)(CC/C=C(\C)CC/C=C(\C)CC/C=C(/C)CO[C@@H]1O[C@H](CO)[C@@H](O)[C@H](O)[C@H]1O)O[C@@H]1O[C@H](CO)[C@@H](O)[C@H](O)[C@H]1O. The highest BCUT2D eigenvalue weighted by Crippen LogP contribution is 2.29. The van der Waals surface area contributed by atoms with Gasteiger partial charge in [0.2, 0.25) is 0 Å². The van der Waals surface area contributed by atoms with Gasteiger partial charge in [0.25, 0.3) is 0 Å². The van der Waals surface area contributed by atoms with E-state index in [-0.39, 0.29) is 6.61 Å². The summed E-state index contributed by atoms with van der Waals surface area (Å²) in [5, 5.41) is 78.8. The topological polar surface area (TPSA) is 199 Å². The molecule has 0 aromatic carbocycles. The normalized spacial score (nSPS) is 35.4. The number of aliphatic hydroxyl groups is 8. The second-order valence-electron chi connectivity index (χ2n) is 12.1. The summed E-state index contributed by atoms with van der Waals surface area (Å²) in [6, 6.07) is 0. The van der Waals surface area contributed by atoms with E-state index in [2.05, 4.69) is 32.6 Å². The first-order chi connectivity index (χ1) is 20.8. The highest BCUT2D eigenvalue weighted by molar-refractivity contribution is 5.07. The van der Waals surface area contributed by atoms with Gasteiger partial charge in [0, 0.05) is 0 Å². The van der Waals surface area contributed by atoms with E-state index < -0.39 is 80.2 Å². The highest BCUT2D eigenvalue weighted by atomic mass is 16.7. The van der Waals surface area contributed by atoms with Crippen LogP contribution in [0.2, 0.25) is 0 Å². The van der Waals surface area contributed by atoms with E-state index >= 15 is 0 Å². The van der Waals surface area contributed by atoms with Gasteiger partial charge in [0.1, 0.15) is 48.8 Å². The molecule has 8 N–H and O–H groups in total. The van der Waals surface area contributed by atoms with Crippen molar-refractivity contribution >= 4 is 0 Å². The fourth-order valence-corrected chi connectivity index (χ4v) is 5.02. The third-order valence-corrected chi connectivity index (χ3v) is 8.19. The Kier molecular flexibility index (Phi) is 16.3. The molecule has 2 heterocycles. The summed E-state index contributed by atoms with van der Waals surface area (Å²) in [5.41, 5.74) is 2.53. The fourth-order valence-electron chi connectivity index (χ4n) is 5.02. The Morgan fingerprint density at radius 2 is 1.14 bits per heavy atom. The van der Waals surface area contributed by atoms with Gasteiger partial charge >= 0.3 is 0 Å². The molecule has 2 fully saturated rings. The van der Waals surface area contributed by atoms with Gasteiger partial charge < -0.3 is 59.8 Å². The lowest BCUT2D eigenvalue weighted by Crippen LogP contribution is -2.60. The highest BCUT2D eigenvalue weighted by Gasteiger charge is 2.46. The molecule has 0 saturated carbocycles. The maximum absolute atomic E-state index is 10.3. The van der Waals surface area contributed by atoms with Crippen LogP contribution in [0.1, 0.15) is 66.2 Å². The van der Waals surface area contributed by atoms with E-state index in [4.69, 9.17) is 18.9 Å². The minimum Gasteiger partial charge on any atom is -0.394 e. The summed E-state index contributed by atoms with van der Waals surface area (Å²) < 4.78 is 22.4. The molecule has 254 valence electrons. The van der Waals surface area contributed by atoms with Crippen LogP contribution in [-0.4, -0.2) is 128 Å². The van der Waals surface area contributed by atoms with Crippen LogP contribution in [0, 0.1) is 0 Å². The van der Waals surface area contributed by atoms with Crippen LogP contribution in [0.25, 0.3) is 0 Å². The fraction of sp³-hybridized carbons (Fsp3) is 0.750. The monoisotopic (exact) mass is 630 g/mol. The third kappa shape index (κ3) is 11.4. The van der Waals surface area contributed by atoms with E-state index in [1.807, 2.05) is 13.0 Å².